The molecular formula is C14H23N3O. The molecule has 0 radical (unpaired) electrons. The monoisotopic (exact) mass is 249 g/mol. The second-order valence-corrected chi connectivity index (χ2v) is 5.83. The standard InChI is InChI=1S/C14H23N3O/c1-10(11-7-6-8-16-9-11)17-12(18)13(2,3)14(4,5)15/h6-10H,15H2,1-5H3,(H,17,18)/t10-/m1/s1. The van der Waals surface area contributed by atoms with Crippen LogP contribution in [0, 0.1) is 5.41 Å². The van der Waals surface area contributed by atoms with Crippen molar-refractivity contribution < 1.29 is 4.79 Å². The molecule has 0 aliphatic rings. The highest BCUT2D eigenvalue weighted by atomic mass is 16.2. The number of hydrogen-bond donors (Lipinski definition) is 2. The Morgan fingerprint density at radius 2 is 2.00 bits per heavy atom. The number of rotatable bonds is 4. The normalized spacial score (nSPS) is 14.1. The molecule has 1 heterocycles. The lowest BCUT2D eigenvalue weighted by Crippen LogP contribution is -2.55. The number of aromatic nitrogens is 1. The summed E-state index contributed by atoms with van der Waals surface area (Å²) in [7, 11) is 0. The number of hydrogen-bond acceptors (Lipinski definition) is 3. The van der Waals surface area contributed by atoms with Crippen molar-refractivity contribution in [2.45, 2.75) is 46.2 Å². The van der Waals surface area contributed by atoms with Crippen molar-refractivity contribution in [3.63, 3.8) is 0 Å². The fraction of sp³-hybridized carbons (Fsp3) is 0.571. The molecule has 1 aromatic rings. The number of amides is 1. The zero-order valence-corrected chi connectivity index (χ0v) is 11.8. The fourth-order valence-corrected chi connectivity index (χ4v) is 1.39. The predicted octanol–water partition coefficient (Wildman–Crippen LogP) is 2.02. The summed E-state index contributed by atoms with van der Waals surface area (Å²) in [5.41, 5.74) is 5.83. The third-order valence-corrected chi connectivity index (χ3v) is 3.71. The Kier molecular flexibility index (Phi) is 4.12. The number of nitrogens with one attached hydrogen (secondary N) is 1. The summed E-state index contributed by atoms with van der Waals surface area (Å²) in [4.78, 5) is 16.3. The molecule has 3 N–H and O–H groups in total. The summed E-state index contributed by atoms with van der Waals surface area (Å²) in [6.45, 7) is 9.38. The molecule has 0 saturated carbocycles. The molecule has 1 atom stereocenters. The number of nitrogens with two attached hydrogens (primary N) is 1. The van der Waals surface area contributed by atoms with Crippen LogP contribution in [0.2, 0.25) is 0 Å². The highest BCUT2D eigenvalue weighted by molar-refractivity contribution is 5.83. The van der Waals surface area contributed by atoms with Crippen molar-refractivity contribution in [1.29, 1.82) is 0 Å². The summed E-state index contributed by atoms with van der Waals surface area (Å²) in [5, 5.41) is 2.98. The van der Waals surface area contributed by atoms with Crippen LogP contribution in [0.4, 0.5) is 0 Å². The van der Waals surface area contributed by atoms with Gasteiger partial charge in [-0.15, -0.1) is 0 Å². The van der Waals surface area contributed by atoms with Crippen LogP contribution in [0.5, 0.6) is 0 Å². The van der Waals surface area contributed by atoms with Crippen molar-refractivity contribution >= 4 is 5.91 Å². The van der Waals surface area contributed by atoms with Crippen LogP contribution in [0.15, 0.2) is 24.5 Å². The summed E-state index contributed by atoms with van der Waals surface area (Å²) >= 11 is 0. The van der Waals surface area contributed by atoms with Gasteiger partial charge in [0.25, 0.3) is 0 Å². The van der Waals surface area contributed by atoms with E-state index in [4.69, 9.17) is 5.73 Å². The topological polar surface area (TPSA) is 68.0 Å². The molecular weight excluding hydrogens is 226 g/mol. The molecule has 0 aromatic carbocycles. The molecule has 1 aromatic heterocycles. The first-order chi connectivity index (χ1) is 8.16. The van der Waals surface area contributed by atoms with Gasteiger partial charge in [-0.05, 0) is 46.2 Å². The first kappa shape index (κ1) is 14.6. The van der Waals surface area contributed by atoms with Crippen molar-refractivity contribution in [2.75, 3.05) is 0 Å². The van der Waals surface area contributed by atoms with Gasteiger partial charge >= 0.3 is 0 Å². The Morgan fingerprint density at radius 1 is 1.39 bits per heavy atom. The van der Waals surface area contributed by atoms with Gasteiger partial charge in [-0.25, -0.2) is 0 Å². The average molecular weight is 249 g/mol. The Labute approximate surface area is 109 Å². The minimum Gasteiger partial charge on any atom is -0.349 e. The Morgan fingerprint density at radius 3 is 2.44 bits per heavy atom. The second kappa shape index (κ2) is 5.06. The zero-order valence-electron chi connectivity index (χ0n) is 11.8. The molecule has 100 valence electrons. The van der Waals surface area contributed by atoms with E-state index in [0.717, 1.165) is 5.56 Å². The van der Waals surface area contributed by atoms with Crippen LogP contribution in [0.25, 0.3) is 0 Å². The molecule has 4 heteroatoms. The number of pyridine rings is 1. The molecule has 1 amide bonds. The first-order valence-corrected chi connectivity index (χ1v) is 6.16. The second-order valence-electron chi connectivity index (χ2n) is 5.83. The molecule has 18 heavy (non-hydrogen) atoms. The highest BCUT2D eigenvalue weighted by Gasteiger charge is 2.40. The molecule has 0 spiro atoms. The maximum absolute atomic E-state index is 12.3. The van der Waals surface area contributed by atoms with E-state index in [-0.39, 0.29) is 11.9 Å². The van der Waals surface area contributed by atoms with Gasteiger partial charge in [0.1, 0.15) is 0 Å². The van der Waals surface area contributed by atoms with Crippen molar-refractivity contribution in [2.24, 2.45) is 11.1 Å². The largest absolute Gasteiger partial charge is 0.349 e. The smallest absolute Gasteiger partial charge is 0.227 e. The van der Waals surface area contributed by atoms with Gasteiger partial charge < -0.3 is 11.1 Å². The predicted molar refractivity (Wildman–Crippen MR) is 72.8 cm³/mol. The Hall–Kier alpha value is -1.42. The molecule has 1 rings (SSSR count). The first-order valence-electron chi connectivity index (χ1n) is 6.16. The summed E-state index contributed by atoms with van der Waals surface area (Å²) < 4.78 is 0. The molecule has 0 saturated heterocycles. The minimum atomic E-state index is -0.635. The van der Waals surface area contributed by atoms with Crippen LogP contribution in [0.1, 0.15) is 46.2 Å². The lowest BCUT2D eigenvalue weighted by molar-refractivity contribution is -0.132. The lowest BCUT2D eigenvalue weighted by Gasteiger charge is -2.37. The van der Waals surface area contributed by atoms with Crippen molar-refractivity contribution in [3.8, 4) is 0 Å². The molecule has 0 aliphatic carbocycles. The minimum absolute atomic E-state index is 0.0497. The van der Waals surface area contributed by atoms with Gasteiger partial charge in [0, 0.05) is 17.9 Å². The van der Waals surface area contributed by atoms with E-state index in [0.29, 0.717) is 0 Å². The SMILES string of the molecule is C[C@@H](NC(=O)C(C)(C)C(C)(C)N)c1cccnc1. The van der Waals surface area contributed by atoms with Gasteiger partial charge in [0.15, 0.2) is 0 Å². The van der Waals surface area contributed by atoms with Gasteiger partial charge in [0.2, 0.25) is 5.91 Å². The maximum atomic E-state index is 12.3. The third-order valence-electron chi connectivity index (χ3n) is 3.71. The quantitative estimate of drug-likeness (QED) is 0.858. The van der Waals surface area contributed by atoms with E-state index in [1.165, 1.54) is 0 Å². The maximum Gasteiger partial charge on any atom is 0.227 e. The molecule has 0 bridgehead atoms. The Balaban J connectivity index is 2.78. The van der Waals surface area contributed by atoms with Gasteiger partial charge in [-0.2, -0.15) is 0 Å². The van der Waals surface area contributed by atoms with Gasteiger partial charge in [-0.3, -0.25) is 9.78 Å². The van der Waals surface area contributed by atoms with Crippen LogP contribution in [-0.2, 0) is 4.79 Å². The number of carbonyl (C=O) groups is 1. The van der Waals surface area contributed by atoms with Crippen LogP contribution in [-0.4, -0.2) is 16.4 Å². The van der Waals surface area contributed by atoms with Crippen molar-refractivity contribution in [3.05, 3.63) is 30.1 Å². The number of carbonyl (C=O) groups excluding carboxylic acids is 1. The van der Waals surface area contributed by atoms with E-state index >= 15 is 0 Å². The van der Waals surface area contributed by atoms with Crippen LogP contribution >= 0.6 is 0 Å². The van der Waals surface area contributed by atoms with Crippen molar-refractivity contribution in [1.82, 2.24) is 10.3 Å². The molecule has 0 unspecified atom stereocenters. The zero-order chi connectivity index (χ0) is 14.0. The lowest BCUT2D eigenvalue weighted by atomic mass is 9.74. The summed E-state index contributed by atoms with van der Waals surface area (Å²) in [5.74, 6) is -0.0497. The molecule has 0 aliphatic heterocycles. The van der Waals surface area contributed by atoms with E-state index < -0.39 is 11.0 Å². The number of nitrogens with zero attached hydrogens (tertiary/aromatic N) is 1. The Bertz CT molecular complexity index is 407. The summed E-state index contributed by atoms with van der Waals surface area (Å²) in [6, 6.07) is 3.72. The molecule has 0 fully saturated rings. The van der Waals surface area contributed by atoms with Gasteiger partial charge in [-0.1, -0.05) is 6.07 Å². The van der Waals surface area contributed by atoms with E-state index in [1.807, 2.05) is 46.8 Å². The average Bonchev–Trinajstić information content (AvgIpc) is 2.28. The van der Waals surface area contributed by atoms with Crippen LogP contribution < -0.4 is 11.1 Å². The van der Waals surface area contributed by atoms with E-state index in [2.05, 4.69) is 10.3 Å². The van der Waals surface area contributed by atoms with Crippen LogP contribution in [0.3, 0.4) is 0 Å². The summed E-state index contributed by atoms with van der Waals surface area (Å²) in [6.07, 6.45) is 3.47. The molecule has 4 nitrogen and oxygen atoms in total. The highest BCUT2D eigenvalue weighted by Crippen LogP contribution is 2.29. The van der Waals surface area contributed by atoms with E-state index in [9.17, 15) is 4.79 Å². The third kappa shape index (κ3) is 3.07. The fourth-order valence-electron chi connectivity index (χ4n) is 1.39. The van der Waals surface area contributed by atoms with Gasteiger partial charge in [0.05, 0.1) is 11.5 Å². The van der Waals surface area contributed by atoms with E-state index in [1.54, 1.807) is 12.4 Å².